The fourth-order valence-corrected chi connectivity index (χ4v) is 1.89. The Balaban J connectivity index is 2.89. The van der Waals surface area contributed by atoms with Gasteiger partial charge in [-0.25, -0.2) is 4.79 Å². The average molecular weight is 220 g/mol. The van der Waals surface area contributed by atoms with Crippen LogP contribution in [-0.2, 0) is 0 Å². The van der Waals surface area contributed by atoms with Crippen LogP contribution >= 0.6 is 0 Å². The number of aromatic carboxylic acids is 1. The number of ether oxygens (including phenoxy) is 1. The number of furan rings is 1. The SMILES string of the molecule is COc1ccc(C)c2c(C)c(C(=O)O)oc12. The summed E-state index contributed by atoms with van der Waals surface area (Å²) in [7, 11) is 1.53. The van der Waals surface area contributed by atoms with Gasteiger partial charge in [0.05, 0.1) is 7.11 Å². The third kappa shape index (κ3) is 1.34. The Bertz CT molecular complexity index is 566. The number of rotatable bonds is 2. The quantitative estimate of drug-likeness (QED) is 0.845. The summed E-state index contributed by atoms with van der Waals surface area (Å²) in [6.45, 7) is 3.65. The smallest absolute Gasteiger partial charge is 0.372 e. The number of hydrogen-bond donors (Lipinski definition) is 1. The molecule has 1 N–H and O–H groups in total. The van der Waals surface area contributed by atoms with Gasteiger partial charge in [-0.15, -0.1) is 0 Å². The van der Waals surface area contributed by atoms with Gasteiger partial charge in [-0.05, 0) is 25.5 Å². The number of benzene rings is 1. The van der Waals surface area contributed by atoms with Gasteiger partial charge in [-0.1, -0.05) is 6.07 Å². The highest BCUT2D eigenvalue weighted by molar-refractivity contribution is 5.98. The summed E-state index contributed by atoms with van der Waals surface area (Å²) in [5, 5.41) is 9.80. The maximum absolute atomic E-state index is 11.0. The zero-order valence-corrected chi connectivity index (χ0v) is 9.33. The topological polar surface area (TPSA) is 59.7 Å². The van der Waals surface area contributed by atoms with Crippen molar-refractivity contribution in [1.29, 1.82) is 0 Å². The van der Waals surface area contributed by atoms with Gasteiger partial charge in [-0.2, -0.15) is 0 Å². The third-order valence-corrected chi connectivity index (χ3v) is 2.66. The molecule has 0 fully saturated rings. The highest BCUT2D eigenvalue weighted by atomic mass is 16.5. The zero-order valence-electron chi connectivity index (χ0n) is 9.33. The minimum atomic E-state index is -1.06. The standard InChI is InChI=1S/C12H12O4/c1-6-4-5-8(15-3)11-9(6)7(2)10(16-11)12(13)14/h4-5H,1-3H3,(H,13,14). The van der Waals surface area contributed by atoms with Crippen molar-refractivity contribution in [2.75, 3.05) is 7.11 Å². The highest BCUT2D eigenvalue weighted by Crippen LogP contribution is 2.34. The predicted octanol–water partition coefficient (Wildman–Crippen LogP) is 2.76. The number of carbonyl (C=O) groups is 1. The number of carboxylic acids is 1. The second-order valence-corrected chi connectivity index (χ2v) is 3.65. The van der Waals surface area contributed by atoms with E-state index in [1.54, 1.807) is 13.0 Å². The van der Waals surface area contributed by atoms with E-state index in [4.69, 9.17) is 14.3 Å². The van der Waals surface area contributed by atoms with Crippen molar-refractivity contribution in [3.8, 4) is 5.75 Å². The van der Waals surface area contributed by atoms with Crippen molar-refractivity contribution in [3.05, 3.63) is 29.0 Å². The second kappa shape index (κ2) is 3.56. The van der Waals surface area contributed by atoms with E-state index >= 15 is 0 Å². The Hall–Kier alpha value is -1.97. The van der Waals surface area contributed by atoms with E-state index in [0.717, 1.165) is 10.9 Å². The van der Waals surface area contributed by atoms with Crippen LogP contribution in [0.1, 0.15) is 21.7 Å². The van der Waals surface area contributed by atoms with Crippen molar-refractivity contribution in [2.45, 2.75) is 13.8 Å². The summed E-state index contributed by atoms with van der Waals surface area (Å²) in [6, 6.07) is 3.65. The molecule has 1 aromatic carbocycles. The lowest BCUT2D eigenvalue weighted by atomic mass is 10.1. The van der Waals surface area contributed by atoms with Crippen LogP contribution in [0.15, 0.2) is 16.5 Å². The maximum Gasteiger partial charge on any atom is 0.372 e. The van der Waals surface area contributed by atoms with E-state index in [0.29, 0.717) is 16.9 Å². The summed E-state index contributed by atoms with van der Waals surface area (Å²) < 4.78 is 10.5. The van der Waals surface area contributed by atoms with Crippen LogP contribution in [-0.4, -0.2) is 18.2 Å². The van der Waals surface area contributed by atoms with Crippen LogP contribution in [0.25, 0.3) is 11.0 Å². The lowest BCUT2D eigenvalue weighted by Gasteiger charge is -2.02. The first-order valence-electron chi connectivity index (χ1n) is 4.86. The summed E-state index contributed by atoms with van der Waals surface area (Å²) in [6.07, 6.45) is 0. The Labute approximate surface area is 92.4 Å². The Morgan fingerprint density at radius 1 is 1.38 bits per heavy atom. The minimum absolute atomic E-state index is 0.0254. The van der Waals surface area contributed by atoms with Crippen molar-refractivity contribution >= 4 is 16.9 Å². The Morgan fingerprint density at radius 2 is 2.06 bits per heavy atom. The van der Waals surface area contributed by atoms with Crippen LogP contribution < -0.4 is 4.74 Å². The molecule has 0 aliphatic heterocycles. The molecule has 0 unspecified atom stereocenters. The second-order valence-electron chi connectivity index (χ2n) is 3.65. The number of fused-ring (bicyclic) bond motifs is 1. The molecule has 0 saturated heterocycles. The van der Waals surface area contributed by atoms with Crippen LogP contribution in [0.2, 0.25) is 0 Å². The molecule has 0 amide bonds. The lowest BCUT2D eigenvalue weighted by molar-refractivity contribution is 0.0664. The predicted molar refractivity (Wildman–Crippen MR) is 59.2 cm³/mol. The van der Waals surface area contributed by atoms with E-state index in [-0.39, 0.29) is 5.76 Å². The fraction of sp³-hybridized carbons (Fsp3) is 0.250. The molecule has 0 atom stereocenters. The largest absolute Gasteiger partial charge is 0.493 e. The maximum atomic E-state index is 11.0. The molecule has 0 saturated carbocycles. The van der Waals surface area contributed by atoms with Crippen molar-refractivity contribution in [2.24, 2.45) is 0 Å². The van der Waals surface area contributed by atoms with E-state index in [9.17, 15) is 4.79 Å². The first-order chi connectivity index (χ1) is 7.56. The summed E-state index contributed by atoms with van der Waals surface area (Å²) in [5.41, 5.74) is 2.11. The van der Waals surface area contributed by atoms with Gasteiger partial charge >= 0.3 is 5.97 Å². The van der Waals surface area contributed by atoms with Crippen LogP contribution in [0.3, 0.4) is 0 Å². The minimum Gasteiger partial charge on any atom is -0.493 e. The van der Waals surface area contributed by atoms with E-state index in [1.807, 2.05) is 13.0 Å². The summed E-state index contributed by atoms with van der Waals surface area (Å²) >= 11 is 0. The van der Waals surface area contributed by atoms with E-state index in [2.05, 4.69) is 0 Å². The number of carboxylic acid groups (broad SMARTS) is 1. The van der Waals surface area contributed by atoms with Gasteiger partial charge in [0.15, 0.2) is 11.3 Å². The fourth-order valence-electron chi connectivity index (χ4n) is 1.89. The molecule has 0 bridgehead atoms. The molecule has 84 valence electrons. The molecule has 2 rings (SSSR count). The van der Waals surface area contributed by atoms with Crippen molar-refractivity contribution in [3.63, 3.8) is 0 Å². The highest BCUT2D eigenvalue weighted by Gasteiger charge is 2.20. The molecule has 1 aromatic heterocycles. The Morgan fingerprint density at radius 3 is 2.62 bits per heavy atom. The first-order valence-corrected chi connectivity index (χ1v) is 4.86. The average Bonchev–Trinajstić information content (AvgIpc) is 2.58. The summed E-state index contributed by atoms with van der Waals surface area (Å²) in [5.74, 6) is -0.533. The molecular weight excluding hydrogens is 208 g/mol. The van der Waals surface area contributed by atoms with Gasteiger partial charge in [0, 0.05) is 10.9 Å². The van der Waals surface area contributed by atoms with Gasteiger partial charge in [0.1, 0.15) is 0 Å². The zero-order chi connectivity index (χ0) is 11.9. The number of aryl methyl sites for hydroxylation is 2. The molecule has 0 aliphatic rings. The van der Waals surface area contributed by atoms with Gasteiger partial charge in [0.2, 0.25) is 5.76 Å². The monoisotopic (exact) mass is 220 g/mol. The van der Waals surface area contributed by atoms with Gasteiger partial charge in [-0.3, -0.25) is 0 Å². The first kappa shape index (κ1) is 10.5. The molecule has 0 spiro atoms. The van der Waals surface area contributed by atoms with Crippen LogP contribution in [0, 0.1) is 13.8 Å². The molecule has 1 heterocycles. The van der Waals surface area contributed by atoms with Crippen LogP contribution in [0.5, 0.6) is 5.75 Å². The Kier molecular flexibility index (Phi) is 2.34. The van der Waals surface area contributed by atoms with Crippen LogP contribution in [0.4, 0.5) is 0 Å². The molecular formula is C12H12O4. The third-order valence-electron chi connectivity index (χ3n) is 2.66. The van der Waals surface area contributed by atoms with Gasteiger partial charge in [0.25, 0.3) is 0 Å². The molecule has 16 heavy (non-hydrogen) atoms. The molecule has 4 nitrogen and oxygen atoms in total. The van der Waals surface area contributed by atoms with Crippen molar-refractivity contribution in [1.82, 2.24) is 0 Å². The van der Waals surface area contributed by atoms with Crippen molar-refractivity contribution < 1.29 is 19.1 Å². The van der Waals surface area contributed by atoms with Gasteiger partial charge < -0.3 is 14.3 Å². The van der Waals surface area contributed by atoms with E-state index < -0.39 is 5.97 Å². The molecule has 2 aromatic rings. The van der Waals surface area contributed by atoms with E-state index in [1.165, 1.54) is 7.11 Å². The number of hydrogen-bond acceptors (Lipinski definition) is 3. The molecule has 0 aliphatic carbocycles. The molecule has 4 heteroatoms. The lowest BCUT2D eigenvalue weighted by Crippen LogP contribution is -1.95. The summed E-state index contributed by atoms with van der Waals surface area (Å²) in [4.78, 5) is 11.0. The molecule has 0 radical (unpaired) electrons. The normalized spacial score (nSPS) is 10.7. The number of methoxy groups -OCH3 is 1.